The fraction of sp³-hybridized carbons (Fsp3) is 0.700. The molecule has 2 atom stereocenters. The van der Waals surface area contributed by atoms with E-state index in [1.165, 1.54) is 0 Å². The number of aliphatic hydroxyl groups excluding tert-OH is 1. The second-order valence-corrected chi connectivity index (χ2v) is 3.92. The Morgan fingerprint density at radius 2 is 2.50 bits per heavy atom. The van der Waals surface area contributed by atoms with Crippen LogP contribution in [0.25, 0.3) is 0 Å². The largest absolute Gasteiger partial charge is 0.392 e. The first kappa shape index (κ1) is 9.68. The summed E-state index contributed by atoms with van der Waals surface area (Å²) < 4.78 is 5.07. The topological polar surface area (TPSA) is 58.3 Å². The van der Waals surface area contributed by atoms with Gasteiger partial charge >= 0.3 is 0 Å². The SMILES string of the molecule is Cc1cc(CN[C@@H]2CCC[C@H]2O)on1. The fourth-order valence-electron chi connectivity index (χ4n) is 1.91. The van der Waals surface area contributed by atoms with Gasteiger partial charge in [-0.05, 0) is 26.2 Å². The number of aryl methyl sites for hydroxylation is 1. The third-order valence-electron chi connectivity index (χ3n) is 2.69. The molecule has 2 N–H and O–H groups in total. The Labute approximate surface area is 83.3 Å². The lowest BCUT2D eigenvalue weighted by atomic mass is 10.2. The van der Waals surface area contributed by atoms with Crippen molar-refractivity contribution >= 4 is 0 Å². The molecule has 1 aliphatic rings. The smallest absolute Gasteiger partial charge is 0.150 e. The van der Waals surface area contributed by atoms with Crippen LogP contribution >= 0.6 is 0 Å². The number of aromatic nitrogens is 1. The molecular formula is C10H16N2O2. The van der Waals surface area contributed by atoms with E-state index < -0.39 is 0 Å². The molecule has 4 nitrogen and oxygen atoms in total. The molecular weight excluding hydrogens is 180 g/mol. The summed E-state index contributed by atoms with van der Waals surface area (Å²) in [6, 6.07) is 2.13. The van der Waals surface area contributed by atoms with Crippen LogP contribution in [0, 0.1) is 6.92 Å². The number of aliphatic hydroxyl groups is 1. The minimum absolute atomic E-state index is 0.195. The van der Waals surface area contributed by atoms with Crippen LogP contribution < -0.4 is 5.32 Å². The maximum atomic E-state index is 9.56. The third kappa shape index (κ3) is 2.13. The van der Waals surface area contributed by atoms with Crippen molar-refractivity contribution in [3.05, 3.63) is 17.5 Å². The molecule has 14 heavy (non-hydrogen) atoms. The molecule has 1 saturated carbocycles. The minimum atomic E-state index is -0.195. The second kappa shape index (κ2) is 4.11. The molecule has 1 aromatic rings. The van der Waals surface area contributed by atoms with Gasteiger partial charge in [-0.3, -0.25) is 0 Å². The van der Waals surface area contributed by atoms with E-state index in [1.54, 1.807) is 0 Å². The monoisotopic (exact) mass is 196 g/mol. The van der Waals surface area contributed by atoms with Gasteiger partial charge in [-0.15, -0.1) is 0 Å². The van der Waals surface area contributed by atoms with Crippen molar-refractivity contribution in [2.45, 2.75) is 44.9 Å². The van der Waals surface area contributed by atoms with Gasteiger partial charge in [0.25, 0.3) is 0 Å². The highest BCUT2D eigenvalue weighted by Gasteiger charge is 2.24. The summed E-state index contributed by atoms with van der Waals surface area (Å²) >= 11 is 0. The van der Waals surface area contributed by atoms with Crippen LogP contribution in [0.2, 0.25) is 0 Å². The molecule has 0 aliphatic heterocycles. The van der Waals surface area contributed by atoms with Crippen LogP contribution in [0.4, 0.5) is 0 Å². The molecule has 0 spiro atoms. The van der Waals surface area contributed by atoms with Crippen LogP contribution in [0.1, 0.15) is 30.7 Å². The first-order valence-electron chi connectivity index (χ1n) is 5.09. The summed E-state index contributed by atoms with van der Waals surface area (Å²) in [6.45, 7) is 2.56. The van der Waals surface area contributed by atoms with E-state index in [9.17, 15) is 5.11 Å². The van der Waals surface area contributed by atoms with Crippen molar-refractivity contribution in [1.29, 1.82) is 0 Å². The summed E-state index contributed by atoms with van der Waals surface area (Å²) in [4.78, 5) is 0. The number of rotatable bonds is 3. The van der Waals surface area contributed by atoms with Crippen molar-refractivity contribution in [3.8, 4) is 0 Å². The Morgan fingerprint density at radius 1 is 1.64 bits per heavy atom. The molecule has 1 aromatic heterocycles. The molecule has 0 unspecified atom stereocenters. The van der Waals surface area contributed by atoms with Crippen LogP contribution in [-0.2, 0) is 6.54 Å². The zero-order chi connectivity index (χ0) is 9.97. The molecule has 0 aromatic carbocycles. The maximum absolute atomic E-state index is 9.56. The molecule has 1 fully saturated rings. The van der Waals surface area contributed by atoms with Crippen molar-refractivity contribution in [1.82, 2.24) is 10.5 Å². The van der Waals surface area contributed by atoms with Crippen molar-refractivity contribution < 1.29 is 9.63 Å². The summed E-state index contributed by atoms with van der Waals surface area (Å²) in [5.41, 5.74) is 0.897. The molecule has 2 rings (SSSR count). The van der Waals surface area contributed by atoms with Gasteiger partial charge in [-0.1, -0.05) is 5.16 Å². The molecule has 0 bridgehead atoms. The summed E-state index contributed by atoms with van der Waals surface area (Å²) in [6.07, 6.45) is 2.87. The lowest BCUT2D eigenvalue weighted by Crippen LogP contribution is -2.34. The molecule has 1 aliphatic carbocycles. The zero-order valence-corrected chi connectivity index (χ0v) is 8.36. The number of hydrogen-bond acceptors (Lipinski definition) is 4. The van der Waals surface area contributed by atoms with E-state index >= 15 is 0 Å². The van der Waals surface area contributed by atoms with Crippen LogP contribution in [0.3, 0.4) is 0 Å². The lowest BCUT2D eigenvalue weighted by Gasteiger charge is -2.14. The molecule has 4 heteroatoms. The molecule has 78 valence electrons. The second-order valence-electron chi connectivity index (χ2n) is 3.92. The lowest BCUT2D eigenvalue weighted by molar-refractivity contribution is 0.147. The van der Waals surface area contributed by atoms with Crippen molar-refractivity contribution in [2.75, 3.05) is 0 Å². The normalized spacial score (nSPS) is 27.0. The van der Waals surface area contributed by atoms with Crippen LogP contribution in [0.15, 0.2) is 10.6 Å². The van der Waals surface area contributed by atoms with Gasteiger partial charge in [0.1, 0.15) is 0 Å². The maximum Gasteiger partial charge on any atom is 0.150 e. The van der Waals surface area contributed by atoms with Gasteiger partial charge in [0.15, 0.2) is 5.76 Å². The third-order valence-corrected chi connectivity index (χ3v) is 2.69. The van der Waals surface area contributed by atoms with Crippen molar-refractivity contribution in [3.63, 3.8) is 0 Å². The van der Waals surface area contributed by atoms with Crippen molar-refractivity contribution in [2.24, 2.45) is 0 Å². The van der Waals surface area contributed by atoms with E-state index in [0.29, 0.717) is 6.54 Å². The van der Waals surface area contributed by atoms with Gasteiger partial charge in [-0.2, -0.15) is 0 Å². The molecule has 0 saturated heterocycles. The van der Waals surface area contributed by atoms with Crippen LogP contribution in [-0.4, -0.2) is 22.4 Å². The van der Waals surface area contributed by atoms with Crippen LogP contribution in [0.5, 0.6) is 0 Å². The molecule has 0 amide bonds. The van der Waals surface area contributed by atoms with Gasteiger partial charge in [0.05, 0.1) is 18.3 Å². The zero-order valence-electron chi connectivity index (χ0n) is 8.36. The average Bonchev–Trinajstić information content (AvgIpc) is 2.72. The van der Waals surface area contributed by atoms with Gasteiger partial charge < -0.3 is 14.9 Å². The Kier molecular flexibility index (Phi) is 2.84. The highest BCUT2D eigenvalue weighted by Crippen LogP contribution is 2.19. The Morgan fingerprint density at radius 3 is 3.07 bits per heavy atom. The summed E-state index contributed by atoms with van der Waals surface area (Å²) in [7, 11) is 0. The van der Waals surface area contributed by atoms with E-state index in [-0.39, 0.29) is 12.1 Å². The minimum Gasteiger partial charge on any atom is -0.392 e. The van der Waals surface area contributed by atoms with E-state index in [2.05, 4.69) is 10.5 Å². The first-order chi connectivity index (χ1) is 6.75. The Hall–Kier alpha value is -0.870. The van der Waals surface area contributed by atoms with E-state index in [0.717, 1.165) is 30.7 Å². The quantitative estimate of drug-likeness (QED) is 0.756. The number of hydrogen-bond donors (Lipinski definition) is 2. The highest BCUT2D eigenvalue weighted by molar-refractivity contribution is 5.03. The highest BCUT2D eigenvalue weighted by atomic mass is 16.5. The van der Waals surface area contributed by atoms with Gasteiger partial charge in [0.2, 0.25) is 0 Å². The fourth-order valence-corrected chi connectivity index (χ4v) is 1.91. The predicted molar refractivity (Wildman–Crippen MR) is 51.7 cm³/mol. The number of nitrogens with zero attached hydrogens (tertiary/aromatic N) is 1. The summed E-state index contributed by atoms with van der Waals surface area (Å²) in [5, 5.41) is 16.6. The van der Waals surface area contributed by atoms with Gasteiger partial charge in [0, 0.05) is 12.1 Å². The molecule has 0 radical (unpaired) electrons. The summed E-state index contributed by atoms with van der Waals surface area (Å²) in [5.74, 6) is 0.835. The standard InChI is InChI=1S/C10H16N2O2/c1-7-5-8(14-12-7)6-11-9-3-2-4-10(9)13/h5,9-11,13H,2-4,6H2,1H3/t9-,10-/m1/s1. The van der Waals surface area contributed by atoms with E-state index in [4.69, 9.17) is 4.52 Å². The van der Waals surface area contributed by atoms with Gasteiger partial charge in [-0.25, -0.2) is 0 Å². The molecule has 1 heterocycles. The number of nitrogens with one attached hydrogen (secondary N) is 1. The predicted octanol–water partition coefficient (Wildman–Crippen LogP) is 0.986. The first-order valence-corrected chi connectivity index (χ1v) is 5.09. The average molecular weight is 196 g/mol. The Bertz CT molecular complexity index is 298. The van der Waals surface area contributed by atoms with E-state index in [1.807, 2.05) is 13.0 Å². The Balaban J connectivity index is 1.82.